The Hall–Kier alpha value is -2.41. The van der Waals surface area contributed by atoms with E-state index in [4.69, 9.17) is 0 Å². The molecule has 0 spiro atoms. The van der Waals surface area contributed by atoms with E-state index in [1.807, 2.05) is 35.2 Å². The summed E-state index contributed by atoms with van der Waals surface area (Å²) in [5.74, 6) is -0.183. The number of unbranched alkanes of at least 4 members (excludes halogenated alkanes) is 4. The van der Waals surface area contributed by atoms with Crippen LogP contribution in [-0.4, -0.2) is 70.9 Å². The van der Waals surface area contributed by atoms with Crippen molar-refractivity contribution in [1.82, 2.24) is 19.8 Å². The van der Waals surface area contributed by atoms with E-state index in [2.05, 4.69) is 6.92 Å². The van der Waals surface area contributed by atoms with Crippen molar-refractivity contribution < 1.29 is 14.4 Å². The van der Waals surface area contributed by atoms with Crippen LogP contribution in [0, 0.1) is 0 Å². The lowest BCUT2D eigenvalue weighted by Gasteiger charge is -2.53. The molecule has 0 aliphatic carbocycles. The lowest BCUT2D eigenvalue weighted by Crippen LogP contribution is -2.71. The number of rotatable bonds is 8. The number of hydrogen-bond donors (Lipinski definition) is 0. The van der Waals surface area contributed by atoms with E-state index in [9.17, 15) is 14.4 Å². The fraction of sp³-hybridized carbons (Fsp3) is 0.571. The zero-order chi connectivity index (χ0) is 20.1. The Morgan fingerprint density at radius 1 is 1.07 bits per heavy atom. The third kappa shape index (κ3) is 4.04. The summed E-state index contributed by atoms with van der Waals surface area (Å²) in [6, 6.07) is 8.71. The zero-order valence-electron chi connectivity index (χ0n) is 16.8. The van der Waals surface area contributed by atoms with Gasteiger partial charge in [0.15, 0.2) is 0 Å². The Morgan fingerprint density at radius 2 is 1.79 bits per heavy atom. The van der Waals surface area contributed by atoms with Gasteiger partial charge in [-0.15, -0.1) is 0 Å². The Balaban J connectivity index is 1.86. The van der Waals surface area contributed by atoms with Gasteiger partial charge in [-0.1, -0.05) is 62.9 Å². The Morgan fingerprint density at radius 3 is 2.46 bits per heavy atom. The molecule has 2 heterocycles. The fourth-order valence-electron chi connectivity index (χ4n) is 4.14. The van der Waals surface area contributed by atoms with Gasteiger partial charge in [0.1, 0.15) is 12.2 Å². The van der Waals surface area contributed by atoms with Crippen molar-refractivity contribution in [3.05, 3.63) is 35.9 Å². The number of nitrogens with zero attached hydrogens (tertiary/aromatic N) is 4. The number of likely N-dealkylation sites (N-methyl/N-ethyl adjacent to an activating group) is 1. The van der Waals surface area contributed by atoms with E-state index in [1.165, 1.54) is 17.9 Å². The van der Waals surface area contributed by atoms with Gasteiger partial charge in [0.2, 0.25) is 18.2 Å². The van der Waals surface area contributed by atoms with Crippen LogP contribution in [0.5, 0.6) is 0 Å². The molecule has 0 bridgehead atoms. The third-order valence-corrected chi connectivity index (χ3v) is 5.64. The van der Waals surface area contributed by atoms with Gasteiger partial charge in [-0.2, -0.15) is 0 Å². The van der Waals surface area contributed by atoms with Gasteiger partial charge in [-0.05, 0) is 12.0 Å². The monoisotopic (exact) mass is 386 g/mol. The Labute approximate surface area is 166 Å². The van der Waals surface area contributed by atoms with Gasteiger partial charge >= 0.3 is 0 Å². The molecule has 1 unspecified atom stereocenters. The summed E-state index contributed by atoms with van der Waals surface area (Å²) in [5.41, 5.74) is 0.789. The average Bonchev–Trinajstić information content (AvgIpc) is 2.69. The van der Waals surface area contributed by atoms with Gasteiger partial charge < -0.3 is 9.80 Å². The summed E-state index contributed by atoms with van der Waals surface area (Å²) in [4.78, 5) is 41.3. The molecule has 0 N–H and O–H groups in total. The first-order valence-electron chi connectivity index (χ1n) is 10.2. The van der Waals surface area contributed by atoms with E-state index < -0.39 is 12.2 Å². The normalized spacial score (nSPS) is 23.1. The predicted octanol–water partition coefficient (Wildman–Crippen LogP) is 2.01. The number of piperazine rings is 1. The van der Waals surface area contributed by atoms with Crippen LogP contribution < -0.4 is 0 Å². The van der Waals surface area contributed by atoms with Crippen molar-refractivity contribution in [1.29, 1.82) is 0 Å². The number of amides is 3. The maximum absolute atomic E-state index is 13.3. The second kappa shape index (κ2) is 9.19. The van der Waals surface area contributed by atoms with Crippen LogP contribution in [0.2, 0.25) is 0 Å². The highest BCUT2D eigenvalue weighted by atomic mass is 16.2. The van der Waals surface area contributed by atoms with Crippen LogP contribution in [0.1, 0.15) is 50.6 Å². The van der Waals surface area contributed by atoms with Crippen LogP contribution in [0.25, 0.3) is 0 Å². The van der Waals surface area contributed by atoms with E-state index in [0.29, 0.717) is 13.1 Å². The molecule has 1 aromatic rings. The van der Waals surface area contributed by atoms with Crippen LogP contribution in [0.3, 0.4) is 0 Å². The molecule has 7 nitrogen and oxygen atoms in total. The molecule has 7 heteroatoms. The van der Waals surface area contributed by atoms with Crippen molar-refractivity contribution in [2.75, 3.05) is 26.7 Å². The van der Waals surface area contributed by atoms with E-state index in [1.54, 1.807) is 17.0 Å². The molecular weight excluding hydrogens is 356 g/mol. The molecule has 0 saturated carbocycles. The summed E-state index contributed by atoms with van der Waals surface area (Å²) in [7, 11) is 1.73. The van der Waals surface area contributed by atoms with Crippen molar-refractivity contribution in [2.24, 2.45) is 0 Å². The standard InChI is InChI=1S/C21H30N4O3/c1-3-4-5-6-10-13-23-14-18-24(16-26)22(2)15-19(27)25(18)20(21(23)28)17-11-8-7-9-12-17/h7-9,11-12,16,18,20H,3-6,10,13-15H2,1-2H3/t18?,20-/m0/s1. The summed E-state index contributed by atoms with van der Waals surface area (Å²) in [6.07, 6.45) is 5.85. The number of carbonyl (C=O) groups is 3. The second-order valence-corrected chi connectivity index (χ2v) is 7.59. The highest BCUT2D eigenvalue weighted by Gasteiger charge is 2.49. The predicted molar refractivity (Wildman–Crippen MR) is 106 cm³/mol. The SMILES string of the molecule is CCCCCCCN1CC2N(C(=O)CN(C)N2C=O)[C@@H](c2ccccc2)C1=O. The van der Waals surface area contributed by atoms with Crippen LogP contribution in [-0.2, 0) is 14.4 Å². The average molecular weight is 386 g/mol. The topological polar surface area (TPSA) is 64.2 Å². The van der Waals surface area contributed by atoms with Gasteiger partial charge in [-0.25, -0.2) is 5.01 Å². The van der Waals surface area contributed by atoms with Crippen LogP contribution in [0.15, 0.2) is 30.3 Å². The third-order valence-electron chi connectivity index (χ3n) is 5.64. The molecule has 152 valence electrons. The molecule has 0 radical (unpaired) electrons. The van der Waals surface area contributed by atoms with Gasteiger partial charge in [0.25, 0.3) is 0 Å². The van der Waals surface area contributed by atoms with Crippen molar-refractivity contribution in [3.8, 4) is 0 Å². The fourth-order valence-corrected chi connectivity index (χ4v) is 4.14. The van der Waals surface area contributed by atoms with E-state index >= 15 is 0 Å². The maximum Gasteiger partial charge on any atom is 0.250 e. The van der Waals surface area contributed by atoms with Crippen molar-refractivity contribution in [2.45, 2.75) is 51.2 Å². The molecule has 3 amide bonds. The van der Waals surface area contributed by atoms with Gasteiger partial charge in [0.05, 0.1) is 13.1 Å². The minimum Gasteiger partial charge on any atom is -0.337 e. The highest BCUT2D eigenvalue weighted by Crippen LogP contribution is 2.33. The molecule has 2 aliphatic heterocycles. The smallest absolute Gasteiger partial charge is 0.250 e. The number of benzene rings is 1. The minimum atomic E-state index is -0.681. The Bertz CT molecular complexity index is 696. The molecule has 2 aliphatic rings. The number of hydrogen-bond acceptors (Lipinski definition) is 4. The molecule has 0 aromatic heterocycles. The second-order valence-electron chi connectivity index (χ2n) is 7.59. The number of fused-ring (bicyclic) bond motifs is 1. The molecular formula is C21H30N4O3. The van der Waals surface area contributed by atoms with Crippen LogP contribution in [0.4, 0.5) is 0 Å². The van der Waals surface area contributed by atoms with Crippen molar-refractivity contribution in [3.63, 3.8) is 0 Å². The molecule has 28 heavy (non-hydrogen) atoms. The summed E-state index contributed by atoms with van der Waals surface area (Å²) in [5, 5.41) is 3.17. The van der Waals surface area contributed by atoms with E-state index in [-0.39, 0.29) is 18.4 Å². The summed E-state index contributed by atoms with van der Waals surface area (Å²) < 4.78 is 0. The summed E-state index contributed by atoms with van der Waals surface area (Å²) >= 11 is 0. The van der Waals surface area contributed by atoms with Gasteiger partial charge in [0, 0.05) is 13.6 Å². The largest absolute Gasteiger partial charge is 0.337 e. The molecule has 1 aromatic carbocycles. The molecule has 2 saturated heterocycles. The van der Waals surface area contributed by atoms with Gasteiger partial charge in [-0.3, -0.25) is 19.4 Å². The quantitative estimate of drug-likeness (QED) is 0.506. The lowest BCUT2D eigenvalue weighted by molar-refractivity contribution is -0.197. The summed E-state index contributed by atoms with van der Waals surface area (Å²) in [6.45, 7) is 3.27. The molecule has 3 rings (SSSR count). The van der Waals surface area contributed by atoms with E-state index in [0.717, 1.165) is 31.2 Å². The first-order chi connectivity index (χ1) is 13.6. The molecule has 2 atom stereocenters. The minimum absolute atomic E-state index is 0.0540. The molecule has 2 fully saturated rings. The maximum atomic E-state index is 13.3. The number of carbonyl (C=O) groups excluding carboxylic acids is 3. The van der Waals surface area contributed by atoms with Crippen molar-refractivity contribution >= 4 is 18.2 Å². The highest BCUT2D eigenvalue weighted by molar-refractivity contribution is 5.91. The number of hydrazine groups is 1. The zero-order valence-corrected chi connectivity index (χ0v) is 16.8. The Kier molecular flexibility index (Phi) is 6.67. The first-order valence-corrected chi connectivity index (χ1v) is 10.2. The lowest BCUT2D eigenvalue weighted by atomic mass is 9.98. The first kappa shape index (κ1) is 20.3. The van der Waals surface area contributed by atoms with Crippen LogP contribution >= 0.6 is 0 Å².